The molecule has 160 valence electrons. The van der Waals surface area contributed by atoms with Crippen molar-refractivity contribution < 1.29 is 9.59 Å². The third kappa shape index (κ3) is 5.81. The van der Waals surface area contributed by atoms with Crippen LogP contribution in [0.25, 0.3) is 0 Å². The summed E-state index contributed by atoms with van der Waals surface area (Å²) in [7, 11) is 0. The van der Waals surface area contributed by atoms with Crippen LogP contribution in [0, 0.1) is 0 Å². The van der Waals surface area contributed by atoms with Crippen molar-refractivity contribution in [1.82, 2.24) is 20.4 Å². The predicted octanol–water partition coefficient (Wildman–Crippen LogP) is 3.22. The summed E-state index contributed by atoms with van der Waals surface area (Å²) in [6.45, 7) is 1.15. The van der Waals surface area contributed by atoms with Gasteiger partial charge in [-0.25, -0.2) is 0 Å². The number of carbonyl (C=O) groups is 2. The molecule has 6 nitrogen and oxygen atoms in total. The molecule has 31 heavy (non-hydrogen) atoms. The minimum Gasteiger partial charge on any atom is -0.352 e. The molecule has 1 atom stereocenters. The maximum absolute atomic E-state index is 12.5. The fourth-order valence-corrected chi connectivity index (χ4v) is 4.17. The van der Waals surface area contributed by atoms with E-state index < -0.39 is 0 Å². The van der Waals surface area contributed by atoms with Crippen LogP contribution < -0.4 is 10.6 Å². The summed E-state index contributed by atoms with van der Waals surface area (Å²) in [6.07, 6.45) is 6.80. The summed E-state index contributed by atoms with van der Waals surface area (Å²) >= 11 is 0. The highest BCUT2D eigenvalue weighted by atomic mass is 16.2. The molecule has 0 bridgehead atoms. The van der Waals surface area contributed by atoms with E-state index in [-0.39, 0.29) is 17.4 Å². The third-order valence-corrected chi connectivity index (χ3v) is 5.81. The molecule has 6 heteroatoms. The molecule has 1 aliphatic rings. The van der Waals surface area contributed by atoms with Crippen molar-refractivity contribution in [3.63, 3.8) is 0 Å². The first-order valence-electron chi connectivity index (χ1n) is 10.8. The summed E-state index contributed by atoms with van der Waals surface area (Å²) in [4.78, 5) is 24.4. The van der Waals surface area contributed by atoms with Gasteiger partial charge in [0.05, 0.1) is 12.7 Å². The van der Waals surface area contributed by atoms with Crippen molar-refractivity contribution in [3.05, 3.63) is 89.7 Å². The van der Waals surface area contributed by atoms with Gasteiger partial charge in [0.1, 0.15) is 0 Å². The van der Waals surface area contributed by atoms with Gasteiger partial charge < -0.3 is 10.6 Å². The molecule has 0 saturated carbocycles. The SMILES string of the molecule is O=C(CCC1(Cc2ccccc2)CCC(=O)N1)NCc1cnn(Cc2ccccc2)c1. The molecule has 2 heterocycles. The minimum absolute atomic E-state index is 0.00982. The van der Waals surface area contributed by atoms with Gasteiger partial charge in [-0.15, -0.1) is 0 Å². The molecule has 1 saturated heterocycles. The Morgan fingerprint density at radius 2 is 1.74 bits per heavy atom. The van der Waals surface area contributed by atoms with Crippen molar-refractivity contribution in [2.24, 2.45) is 0 Å². The van der Waals surface area contributed by atoms with Crippen molar-refractivity contribution in [3.8, 4) is 0 Å². The zero-order chi connectivity index (χ0) is 21.5. The molecule has 2 N–H and O–H groups in total. The van der Waals surface area contributed by atoms with Crippen molar-refractivity contribution in [2.45, 2.75) is 50.7 Å². The van der Waals surface area contributed by atoms with Crippen LogP contribution >= 0.6 is 0 Å². The van der Waals surface area contributed by atoms with Crippen molar-refractivity contribution in [1.29, 1.82) is 0 Å². The van der Waals surface area contributed by atoms with Crippen LogP contribution in [0.4, 0.5) is 0 Å². The van der Waals surface area contributed by atoms with E-state index in [9.17, 15) is 9.59 Å². The van der Waals surface area contributed by atoms with Gasteiger partial charge in [0.15, 0.2) is 0 Å². The third-order valence-electron chi connectivity index (χ3n) is 5.81. The zero-order valence-electron chi connectivity index (χ0n) is 17.6. The maximum atomic E-state index is 12.5. The Morgan fingerprint density at radius 1 is 1.03 bits per heavy atom. The first-order chi connectivity index (χ1) is 15.1. The quantitative estimate of drug-likeness (QED) is 0.562. The fraction of sp³-hybridized carbons (Fsp3) is 0.320. The number of nitrogens with one attached hydrogen (secondary N) is 2. The Balaban J connectivity index is 1.28. The molecule has 4 rings (SSSR count). The Labute approximate surface area is 182 Å². The van der Waals surface area contributed by atoms with E-state index in [0.717, 1.165) is 18.4 Å². The number of benzene rings is 2. The molecule has 0 spiro atoms. The van der Waals surface area contributed by atoms with Crippen molar-refractivity contribution in [2.75, 3.05) is 0 Å². The molecule has 0 radical (unpaired) electrons. The topological polar surface area (TPSA) is 76.0 Å². The van der Waals surface area contributed by atoms with Gasteiger partial charge in [-0.1, -0.05) is 60.7 Å². The number of aromatic nitrogens is 2. The van der Waals surface area contributed by atoms with Gasteiger partial charge in [-0.05, 0) is 30.4 Å². The lowest BCUT2D eigenvalue weighted by atomic mass is 9.85. The average Bonchev–Trinajstić information content (AvgIpc) is 3.39. The van der Waals surface area contributed by atoms with E-state index >= 15 is 0 Å². The van der Waals surface area contributed by atoms with Crippen LogP contribution in [0.3, 0.4) is 0 Å². The molecule has 2 amide bonds. The monoisotopic (exact) mass is 416 g/mol. The molecular formula is C25H28N4O2. The van der Waals surface area contributed by atoms with E-state index in [0.29, 0.717) is 32.4 Å². The molecule has 1 aromatic heterocycles. The molecule has 1 unspecified atom stereocenters. The lowest BCUT2D eigenvalue weighted by Crippen LogP contribution is -2.44. The molecule has 2 aromatic carbocycles. The van der Waals surface area contributed by atoms with Crippen LogP contribution in [-0.4, -0.2) is 27.1 Å². The standard InChI is InChI=1S/C25H28N4O2/c30-23(26-16-22-17-27-29(19-22)18-21-9-5-2-6-10-21)11-13-25(14-12-24(31)28-25)15-20-7-3-1-4-8-20/h1-10,17,19H,11-16,18H2,(H,26,30)(H,28,31). The van der Waals surface area contributed by atoms with E-state index in [1.165, 1.54) is 11.1 Å². The minimum atomic E-state index is -0.337. The summed E-state index contributed by atoms with van der Waals surface area (Å²) in [6, 6.07) is 20.3. The highest BCUT2D eigenvalue weighted by molar-refractivity contribution is 5.80. The van der Waals surface area contributed by atoms with Crippen LogP contribution in [0.15, 0.2) is 73.1 Å². The van der Waals surface area contributed by atoms with E-state index in [2.05, 4.69) is 40.0 Å². The lowest BCUT2D eigenvalue weighted by Gasteiger charge is -2.29. The highest BCUT2D eigenvalue weighted by Crippen LogP contribution is 2.29. The van der Waals surface area contributed by atoms with Gasteiger partial charge in [-0.2, -0.15) is 5.10 Å². The van der Waals surface area contributed by atoms with Gasteiger partial charge in [-0.3, -0.25) is 14.3 Å². The second-order valence-electron chi connectivity index (χ2n) is 8.30. The summed E-state index contributed by atoms with van der Waals surface area (Å²) < 4.78 is 1.87. The smallest absolute Gasteiger partial charge is 0.220 e. The van der Waals surface area contributed by atoms with E-state index in [1.807, 2.05) is 47.3 Å². The number of hydrogen-bond acceptors (Lipinski definition) is 3. The second kappa shape index (κ2) is 9.60. The molecule has 3 aromatic rings. The lowest BCUT2D eigenvalue weighted by molar-refractivity contribution is -0.122. The number of rotatable bonds is 9. The molecule has 1 aliphatic heterocycles. The Hall–Kier alpha value is -3.41. The Morgan fingerprint density at radius 3 is 2.42 bits per heavy atom. The van der Waals surface area contributed by atoms with Crippen molar-refractivity contribution >= 4 is 11.8 Å². The molecular weight excluding hydrogens is 388 g/mol. The van der Waals surface area contributed by atoms with Gasteiger partial charge >= 0.3 is 0 Å². The van der Waals surface area contributed by atoms with Gasteiger partial charge in [0.25, 0.3) is 0 Å². The fourth-order valence-electron chi connectivity index (χ4n) is 4.17. The average molecular weight is 417 g/mol. The van der Waals surface area contributed by atoms with Gasteiger partial charge in [0, 0.05) is 36.7 Å². The largest absolute Gasteiger partial charge is 0.352 e. The number of nitrogens with zero attached hydrogens (tertiary/aromatic N) is 2. The predicted molar refractivity (Wildman–Crippen MR) is 119 cm³/mol. The summed E-state index contributed by atoms with van der Waals surface area (Å²) in [5, 5.41) is 10.5. The van der Waals surface area contributed by atoms with E-state index in [4.69, 9.17) is 0 Å². The summed E-state index contributed by atoms with van der Waals surface area (Å²) in [5.74, 6) is 0.0616. The van der Waals surface area contributed by atoms with Crippen LogP contribution in [0.2, 0.25) is 0 Å². The number of amides is 2. The first kappa shape index (κ1) is 20.8. The molecule has 1 fully saturated rings. The zero-order valence-corrected chi connectivity index (χ0v) is 17.6. The normalized spacial score (nSPS) is 18.0. The van der Waals surface area contributed by atoms with Crippen LogP contribution in [0.1, 0.15) is 42.4 Å². The maximum Gasteiger partial charge on any atom is 0.220 e. The molecule has 0 aliphatic carbocycles. The van der Waals surface area contributed by atoms with Gasteiger partial charge in [0.2, 0.25) is 11.8 Å². The van der Waals surface area contributed by atoms with Crippen LogP contribution in [0.5, 0.6) is 0 Å². The Kier molecular flexibility index (Phi) is 6.46. The second-order valence-corrected chi connectivity index (χ2v) is 8.30. The number of hydrogen-bond donors (Lipinski definition) is 2. The number of carbonyl (C=O) groups excluding carboxylic acids is 2. The first-order valence-corrected chi connectivity index (χ1v) is 10.8. The van der Waals surface area contributed by atoms with E-state index in [1.54, 1.807) is 6.20 Å². The summed E-state index contributed by atoms with van der Waals surface area (Å²) in [5.41, 5.74) is 2.99. The van der Waals surface area contributed by atoms with Crippen LogP contribution in [-0.2, 0) is 29.1 Å². The highest BCUT2D eigenvalue weighted by Gasteiger charge is 2.37. The Bertz CT molecular complexity index is 1020.